The summed E-state index contributed by atoms with van der Waals surface area (Å²) in [4.78, 5) is 24.0. The van der Waals surface area contributed by atoms with Crippen molar-refractivity contribution in [2.24, 2.45) is 0 Å². The smallest absolute Gasteiger partial charge is 0.262 e. The van der Waals surface area contributed by atoms with E-state index in [0.717, 1.165) is 5.56 Å². The van der Waals surface area contributed by atoms with E-state index >= 15 is 0 Å². The third-order valence-electron chi connectivity index (χ3n) is 4.29. The van der Waals surface area contributed by atoms with Crippen LogP contribution in [0.5, 0.6) is 11.5 Å². The van der Waals surface area contributed by atoms with Gasteiger partial charge in [0.05, 0.1) is 5.69 Å². The Balaban J connectivity index is 1.42. The molecule has 146 valence electrons. The van der Waals surface area contributed by atoms with Crippen molar-refractivity contribution in [3.63, 3.8) is 0 Å². The van der Waals surface area contributed by atoms with Gasteiger partial charge in [0.15, 0.2) is 6.61 Å². The maximum absolute atomic E-state index is 13.0. The molecule has 2 amide bonds. The van der Waals surface area contributed by atoms with Gasteiger partial charge in [0.2, 0.25) is 0 Å². The zero-order valence-corrected chi connectivity index (χ0v) is 15.3. The Morgan fingerprint density at radius 3 is 2.76 bits per heavy atom. The van der Waals surface area contributed by atoms with Crippen molar-refractivity contribution < 1.29 is 23.5 Å². The van der Waals surface area contributed by atoms with E-state index < -0.39 is 0 Å². The van der Waals surface area contributed by atoms with Crippen molar-refractivity contribution in [3.05, 3.63) is 83.7 Å². The summed E-state index contributed by atoms with van der Waals surface area (Å²) in [5, 5.41) is 5.49. The highest BCUT2D eigenvalue weighted by molar-refractivity contribution is 6.05. The van der Waals surface area contributed by atoms with E-state index in [-0.39, 0.29) is 30.8 Å². The van der Waals surface area contributed by atoms with Crippen molar-refractivity contribution in [1.82, 2.24) is 0 Å². The van der Waals surface area contributed by atoms with E-state index in [9.17, 15) is 14.0 Å². The molecule has 1 aliphatic heterocycles. The van der Waals surface area contributed by atoms with E-state index in [1.807, 2.05) is 0 Å². The minimum absolute atomic E-state index is 0.0244. The van der Waals surface area contributed by atoms with E-state index in [1.165, 1.54) is 12.1 Å². The van der Waals surface area contributed by atoms with Crippen molar-refractivity contribution in [3.8, 4) is 11.5 Å². The number of carbonyl (C=O) groups excluding carboxylic acids is 2. The Bertz CT molecular complexity index is 1070. The molecule has 3 aromatic rings. The van der Waals surface area contributed by atoms with Crippen LogP contribution in [0.1, 0.15) is 15.9 Å². The summed E-state index contributed by atoms with van der Waals surface area (Å²) in [5.41, 5.74) is 2.27. The summed E-state index contributed by atoms with van der Waals surface area (Å²) in [6, 6.07) is 17.8. The molecule has 0 aliphatic carbocycles. The SMILES string of the molecule is O=C1COc2ccc(NC(=O)c3cccc(OCc4ccc(F)cc4)c3)cc2N1. The summed E-state index contributed by atoms with van der Waals surface area (Å²) in [6.45, 7) is 0.235. The summed E-state index contributed by atoms with van der Waals surface area (Å²) in [5.74, 6) is 0.208. The molecule has 0 saturated carbocycles. The predicted molar refractivity (Wildman–Crippen MR) is 106 cm³/mol. The number of anilines is 2. The van der Waals surface area contributed by atoms with Crippen LogP contribution in [0.3, 0.4) is 0 Å². The van der Waals surface area contributed by atoms with Crippen molar-refractivity contribution >= 4 is 23.2 Å². The monoisotopic (exact) mass is 392 g/mol. The van der Waals surface area contributed by atoms with E-state index in [1.54, 1.807) is 54.6 Å². The van der Waals surface area contributed by atoms with Gasteiger partial charge < -0.3 is 20.1 Å². The zero-order chi connectivity index (χ0) is 20.2. The second-order valence-electron chi connectivity index (χ2n) is 6.44. The molecule has 0 atom stereocenters. The number of amides is 2. The molecule has 2 N–H and O–H groups in total. The van der Waals surface area contributed by atoms with Gasteiger partial charge in [-0.3, -0.25) is 9.59 Å². The largest absolute Gasteiger partial charge is 0.489 e. The highest BCUT2D eigenvalue weighted by atomic mass is 19.1. The number of carbonyl (C=O) groups is 2. The number of rotatable bonds is 5. The first-order chi connectivity index (χ1) is 14.1. The Morgan fingerprint density at radius 1 is 1.10 bits per heavy atom. The van der Waals surface area contributed by atoms with Gasteiger partial charge in [-0.1, -0.05) is 18.2 Å². The van der Waals surface area contributed by atoms with E-state index in [0.29, 0.717) is 28.4 Å². The molecule has 7 heteroatoms. The average Bonchev–Trinajstić information content (AvgIpc) is 2.73. The average molecular weight is 392 g/mol. The maximum atomic E-state index is 13.0. The number of halogens is 1. The Morgan fingerprint density at radius 2 is 1.93 bits per heavy atom. The molecular formula is C22H17FN2O4. The number of benzene rings is 3. The van der Waals surface area contributed by atoms with Gasteiger partial charge in [0, 0.05) is 11.3 Å². The molecule has 0 spiro atoms. The molecule has 0 unspecified atom stereocenters. The summed E-state index contributed by atoms with van der Waals surface area (Å²) < 4.78 is 24.0. The number of hydrogen-bond donors (Lipinski definition) is 2. The third-order valence-corrected chi connectivity index (χ3v) is 4.29. The first kappa shape index (κ1) is 18.5. The fraction of sp³-hybridized carbons (Fsp3) is 0.0909. The first-order valence-corrected chi connectivity index (χ1v) is 8.92. The molecular weight excluding hydrogens is 375 g/mol. The summed E-state index contributed by atoms with van der Waals surface area (Å²) in [6.07, 6.45) is 0. The second kappa shape index (κ2) is 8.02. The molecule has 0 bridgehead atoms. The molecule has 29 heavy (non-hydrogen) atoms. The molecule has 0 saturated heterocycles. The van der Waals surface area contributed by atoms with Crippen LogP contribution >= 0.6 is 0 Å². The number of ether oxygens (including phenoxy) is 2. The third kappa shape index (κ3) is 4.52. The standard InChI is InChI=1S/C22H17FN2O4/c23-16-6-4-14(5-7-16)12-28-18-3-1-2-15(10-18)22(27)24-17-8-9-20-19(11-17)25-21(26)13-29-20/h1-11H,12-13H2,(H,24,27)(H,25,26). The lowest BCUT2D eigenvalue weighted by atomic mass is 10.2. The van der Waals surface area contributed by atoms with Gasteiger partial charge in [-0.2, -0.15) is 0 Å². The predicted octanol–water partition coefficient (Wildman–Crippen LogP) is 3.99. The quantitative estimate of drug-likeness (QED) is 0.688. The van der Waals surface area contributed by atoms with Crippen LogP contribution in [0.4, 0.5) is 15.8 Å². The minimum Gasteiger partial charge on any atom is -0.489 e. The van der Waals surface area contributed by atoms with E-state index in [2.05, 4.69) is 10.6 Å². The van der Waals surface area contributed by atoms with Gasteiger partial charge >= 0.3 is 0 Å². The van der Waals surface area contributed by atoms with Crippen molar-refractivity contribution in [1.29, 1.82) is 0 Å². The highest BCUT2D eigenvalue weighted by Gasteiger charge is 2.17. The Hall–Kier alpha value is -3.87. The van der Waals surface area contributed by atoms with Crippen LogP contribution in [-0.2, 0) is 11.4 Å². The molecule has 0 aromatic heterocycles. The molecule has 0 radical (unpaired) electrons. The van der Waals surface area contributed by atoms with Crippen LogP contribution in [0, 0.1) is 5.82 Å². The van der Waals surface area contributed by atoms with Crippen LogP contribution in [0.15, 0.2) is 66.7 Å². The second-order valence-corrected chi connectivity index (χ2v) is 6.44. The topological polar surface area (TPSA) is 76.7 Å². The highest BCUT2D eigenvalue weighted by Crippen LogP contribution is 2.30. The van der Waals surface area contributed by atoms with Crippen LogP contribution in [-0.4, -0.2) is 18.4 Å². The molecule has 3 aromatic carbocycles. The zero-order valence-electron chi connectivity index (χ0n) is 15.3. The fourth-order valence-corrected chi connectivity index (χ4v) is 2.84. The summed E-state index contributed by atoms with van der Waals surface area (Å²) in [7, 11) is 0. The lowest BCUT2D eigenvalue weighted by Gasteiger charge is -2.18. The minimum atomic E-state index is -0.319. The van der Waals surface area contributed by atoms with Crippen LogP contribution in [0.2, 0.25) is 0 Å². The molecule has 1 heterocycles. The fourth-order valence-electron chi connectivity index (χ4n) is 2.84. The Kier molecular flexibility index (Phi) is 5.11. The molecule has 6 nitrogen and oxygen atoms in total. The number of nitrogens with one attached hydrogen (secondary N) is 2. The van der Waals surface area contributed by atoms with Crippen LogP contribution < -0.4 is 20.1 Å². The van der Waals surface area contributed by atoms with Crippen molar-refractivity contribution in [2.75, 3.05) is 17.2 Å². The maximum Gasteiger partial charge on any atom is 0.262 e. The van der Waals surface area contributed by atoms with Crippen LogP contribution in [0.25, 0.3) is 0 Å². The van der Waals surface area contributed by atoms with E-state index in [4.69, 9.17) is 9.47 Å². The molecule has 0 fully saturated rings. The lowest BCUT2D eigenvalue weighted by molar-refractivity contribution is -0.118. The van der Waals surface area contributed by atoms with Gasteiger partial charge in [-0.15, -0.1) is 0 Å². The number of hydrogen-bond acceptors (Lipinski definition) is 4. The molecule has 1 aliphatic rings. The first-order valence-electron chi connectivity index (χ1n) is 8.92. The Labute approximate surface area is 166 Å². The number of fused-ring (bicyclic) bond motifs is 1. The normalized spacial score (nSPS) is 12.4. The molecule has 4 rings (SSSR count). The lowest BCUT2D eigenvalue weighted by Crippen LogP contribution is -2.25. The van der Waals surface area contributed by atoms with Gasteiger partial charge in [-0.05, 0) is 54.1 Å². The van der Waals surface area contributed by atoms with Gasteiger partial charge in [0.25, 0.3) is 11.8 Å². The van der Waals surface area contributed by atoms with Gasteiger partial charge in [-0.25, -0.2) is 4.39 Å². The summed E-state index contributed by atoms with van der Waals surface area (Å²) >= 11 is 0. The van der Waals surface area contributed by atoms with Crippen molar-refractivity contribution in [2.45, 2.75) is 6.61 Å². The van der Waals surface area contributed by atoms with Gasteiger partial charge in [0.1, 0.15) is 23.9 Å².